The molecule has 0 N–H and O–H groups in total. The lowest BCUT2D eigenvalue weighted by Crippen LogP contribution is -2.16. The highest BCUT2D eigenvalue weighted by Gasteiger charge is 2.10. The molecule has 0 fully saturated rings. The second kappa shape index (κ2) is 2.46. The monoisotopic (exact) mass is 149 g/mol. The number of ether oxygens (including phenoxy) is 1. The molecule has 1 heterocycles. The van der Waals surface area contributed by atoms with Crippen molar-refractivity contribution in [2.45, 2.75) is 12.8 Å². The number of allylic oxidation sites excluding steroid dienone is 3. The van der Waals surface area contributed by atoms with E-state index in [1.807, 2.05) is 11.6 Å². The van der Waals surface area contributed by atoms with Crippen LogP contribution in [-0.4, -0.2) is 17.8 Å². The van der Waals surface area contributed by atoms with Crippen molar-refractivity contribution in [3.8, 4) is 0 Å². The quantitative estimate of drug-likeness (QED) is 0.375. The predicted molar refractivity (Wildman–Crippen MR) is 43.0 cm³/mol. The Kier molecular flexibility index (Phi) is 1.46. The van der Waals surface area contributed by atoms with E-state index in [9.17, 15) is 0 Å². The molecule has 2 rings (SSSR count). The van der Waals surface area contributed by atoms with Gasteiger partial charge in [-0.25, -0.2) is 0 Å². The Balaban J connectivity index is 2.34. The van der Waals surface area contributed by atoms with Crippen LogP contribution >= 0.6 is 0 Å². The molecule has 0 aromatic rings. The van der Waals surface area contributed by atoms with Gasteiger partial charge in [0, 0.05) is 6.21 Å². The maximum Gasteiger partial charge on any atom is 0.185 e. The average molecular weight is 149 g/mol. The van der Waals surface area contributed by atoms with Crippen molar-refractivity contribution in [1.29, 1.82) is 0 Å². The lowest BCUT2D eigenvalue weighted by molar-refractivity contribution is -0.487. The van der Waals surface area contributed by atoms with Crippen LogP contribution < -0.4 is 0 Å². The second-order valence-electron chi connectivity index (χ2n) is 2.82. The average Bonchev–Trinajstić information content (AvgIpc) is 2.04. The summed E-state index contributed by atoms with van der Waals surface area (Å²) in [5, 5.41) is 0. The Morgan fingerprint density at radius 1 is 1.45 bits per heavy atom. The van der Waals surface area contributed by atoms with E-state index in [0.717, 1.165) is 18.6 Å². The normalized spacial score (nSPS) is 21.7. The van der Waals surface area contributed by atoms with Gasteiger partial charge in [-0.05, 0) is 24.5 Å². The van der Waals surface area contributed by atoms with Crippen LogP contribution in [0.15, 0.2) is 23.5 Å². The third-order valence-corrected chi connectivity index (χ3v) is 1.83. The van der Waals surface area contributed by atoms with Gasteiger partial charge in [0.2, 0.25) is 0 Å². The van der Waals surface area contributed by atoms with Gasteiger partial charge in [-0.2, -0.15) is 0 Å². The van der Waals surface area contributed by atoms with E-state index in [4.69, 9.17) is 4.74 Å². The second-order valence-corrected chi connectivity index (χ2v) is 2.82. The standard InChI is InChI=1S/C9H11NO/c1-10-6-8-4-2-3-5-9(8)11-7-10/h4-7H,2-3H2,1H3. The van der Waals surface area contributed by atoms with Crippen LogP contribution in [0.1, 0.15) is 12.8 Å². The van der Waals surface area contributed by atoms with Crippen LogP contribution in [0.2, 0.25) is 0 Å². The van der Waals surface area contributed by atoms with Gasteiger partial charge in [0.05, 0.1) is 5.76 Å². The lowest BCUT2D eigenvalue weighted by Gasteiger charge is -2.22. The summed E-state index contributed by atoms with van der Waals surface area (Å²) in [7, 11) is 1.96. The Bertz CT molecular complexity index is 261. The Labute approximate surface area is 66.5 Å². The van der Waals surface area contributed by atoms with E-state index in [1.54, 1.807) is 6.73 Å². The molecule has 0 atom stereocenters. The molecule has 0 bridgehead atoms. The molecule has 0 spiro atoms. The third kappa shape index (κ3) is 1.16. The molecule has 1 aliphatic carbocycles. The Hall–Kier alpha value is -1.18. The SMILES string of the molecule is C[N+]1=CC2=CCCC=C2O[CH-]1. The van der Waals surface area contributed by atoms with Crippen molar-refractivity contribution in [2.75, 3.05) is 7.05 Å². The maximum absolute atomic E-state index is 5.36. The molecule has 0 aromatic carbocycles. The number of hydrogen-bond donors (Lipinski definition) is 0. The summed E-state index contributed by atoms with van der Waals surface area (Å²) < 4.78 is 7.28. The van der Waals surface area contributed by atoms with E-state index < -0.39 is 0 Å². The van der Waals surface area contributed by atoms with E-state index in [1.165, 1.54) is 5.57 Å². The fourth-order valence-electron chi connectivity index (χ4n) is 1.29. The summed E-state index contributed by atoms with van der Waals surface area (Å²) in [5.74, 6) is 1.01. The fourth-order valence-corrected chi connectivity index (χ4v) is 1.29. The molecule has 58 valence electrons. The van der Waals surface area contributed by atoms with Gasteiger partial charge >= 0.3 is 0 Å². The van der Waals surface area contributed by atoms with E-state index in [-0.39, 0.29) is 0 Å². The first-order chi connectivity index (χ1) is 5.36. The number of fused-ring (bicyclic) bond motifs is 1. The molecule has 1 aliphatic heterocycles. The van der Waals surface area contributed by atoms with E-state index in [2.05, 4.69) is 18.4 Å². The minimum atomic E-state index is 1.01. The predicted octanol–water partition coefficient (Wildman–Crippen LogP) is 1.45. The van der Waals surface area contributed by atoms with Gasteiger partial charge in [-0.15, -0.1) is 0 Å². The lowest BCUT2D eigenvalue weighted by atomic mass is 10.1. The molecule has 0 saturated carbocycles. The van der Waals surface area contributed by atoms with Crippen molar-refractivity contribution < 1.29 is 9.31 Å². The first-order valence-electron chi connectivity index (χ1n) is 3.84. The summed E-state index contributed by atoms with van der Waals surface area (Å²) >= 11 is 0. The minimum Gasteiger partial charge on any atom is -0.499 e. The summed E-state index contributed by atoms with van der Waals surface area (Å²) in [4.78, 5) is 0. The topological polar surface area (TPSA) is 12.2 Å². The first-order valence-corrected chi connectivity index (χ1v) is 3.84. The molecule has 11 heavy (non-hydrogen) atoms. The molecule has 0 radical (unpaired) electrons. The molecular weight excluding hydrogens is 138 g/mol. The van der Waals surface area contributed by atoms with E-state index in [0.29, 0.717) is 0 Å². The highest BCUT2D eigenvalue weighted by molar-refractivity contribution is 5.81. The van der Waals surface area contributed by atoms with Crippen molar-refractivity contribution in [1.82, 2.24) is 0 Å². The highest BCUT2D eigenvalue weighted by Crippen LogP contribution is 2.21. The number of nitrogens with zero attached hydrogens (tertiary/aromatic N) is 1. The van der Waals surface area contributed by atoms with Crippen molar-refractivity contribution in [2.24, 2.45) is 0 Å². The largest absolute Gasteiger partial charge is 0.499 e. The highest BCUT2D eigenvalue weighted by atomic mass is 16.5. The Morgan fingerprint density at radius 3 is 3.18 bits per heavy atom. The van der Waals surface area contributed by atoms with Crippen molar-refractivity contribution in [3.05, 3.63) is 30.2 Å². The van der Waals surface area contributed by atoms with Crippen LogP contribution in [0.3, 0.4) is 0 Å². The van der Waals surface area contributed by atoms with Crippen LogP contribution in [-0.2, 0) is 4.74 Å². The molecule has 0 amide bonds. The van der Waals surface area contributed by atoms with Crippen LogP contribution in [0.5, 0.6) is 0 Å². The molecular formula is C9H11NO. The van der Waals surface area contributed by atoms with E-state index >= 15 is 0 Å². The zero-order valence-corrected chi connectivity index (χ0v) is 6.58. The summed E-state index contributed by atoms with van der Waals surface area (Å²) in [6.07, 6.45) is 8.65. The van der Waals surface area contributed by atoms with Crippen LogP contribution in [0.25, 0.3) is 0 Å². The molecule has 0 saturated heterocycles. The van der Waals surface area contributed by atoms with Gasteiger partial charge in [-0.1, -0.05) is 6.08 Å². The molecule has 0 unspecified atom stereocenters. The van der Waals surface area contributed by atoms with Crippen molar-refractivity contribution >= 4 is 6.21 Å². The van der Waals surface area contributed by atoms with Crippen LogP contribution in [0, 0.1) is 6.73 Å². The summed E-state index contributed by atoms with van der Waals surface area (Å²) in [6, 6.07) is 0. The smallest absolute Gasteiger partial charge is 0.185 e. The molecule has 0 aromatic heterocycles. The van der Waals surface area contributed by atoms with Gasteiger partial charge in [0.25, 0.3) is 0 Å². The summed E-state index contributed by atoms with van der Waals surface area (Å²) in [6.45, 7) is 1.72. The fraction of sp³-hybridized carbons (Fsp3) is 0.333. The number of rotatable bonds is 0. The summed E-state index contributed by atoms with van der Waals surface area (Å²) in [5.41, 5.74) is 1.21. The zero-order chi connectivity index (χ0) is 7.68. The third-order valence-electron chi connectivity index (χ3n) is 1.83. The minimum absolute atomic E-state index is 1.01. The molecule has 2 heteroatoms. The van der Waals surface area contributed by atoms with Gasteiger partial charge in [0.1, 0.15) is 7.05 Å². The van der Waals surface area contributed by atoms with Gasteiger partial charge in [-0.3, -0.25) is 0 Å². The van der Waals surface area contributed by atoms with Gasteiger partial charge in [0.15, 0.2) is 6.73 Å². The van der Waals surface area contributed by atoms with Gasteiger partial charge < -0.3 is 9.31 Å². The number of hydrogen-bond acceptors (Lipinski definition) is 1. The van der Waals surface area contributed by atoms with Crippen molar-refractivity contribution in [3.63, 3.8) is 0 Å². The molecule has 2 aliphatic rings. The van der Waals surface area contributed by atoms with Crippen LogP contribution in [0.4, 0.5) is 0 Å². The molecule has 2 nitrogen and oxygen atoms in total. The maximum atomic E-state index is 5.36. The zero-order valence-electron chi connectivity index (χ0n) is 6.58. The first kappa shape index (κ1) is 6.53. The Morgan fingerprint density at radius 2 is 2.27 bits per heavy atom.